The highest BCUT2D eigenvalue weighted by Crippen LogP contribution is 2.19. The van der Waals surface area contributed by atoms with E-state index in [-0.39, 0.29) is 6.10 Å². The van der Waals surface area contributed by atoms with Gasteiger partial charge in [-0.2, -0.15) is 0 Å². The maximum absolute atomic E-state index is 5.64. The third-order valence-corrected chi connectivity index (χ3v) is 2.75. The second kappa shape index (κ2) is 4.86. The Hall–Kier alpha value is -1.04. The zero-order chi connectivity index (χ0) is 11.5. The molecule has 16 heavy (non-hydrogen) atoms. The van der Waals surface area contributed by atoms with E-state index in [0.717, 1.165) is 17.0 Å². The Morgan fingerprint density at radius 3 is 2.44 bits per heavy atom. The molecule has 1 fully saturated rings. The molecule has 0 amide bonds. The van der Waals surface area contributed by atoms with Crippen LogP contribution in [0, 0.1) is 13.8 Å². The Morgan fingerprint density at radius 1 is 1.25 bits per heavy atom. The van der Waals surface area contributed by atoms with Gasteiger partial charge in [0.2, 0.25) is 0 Å². The van der Waals surface area contributed by atoms with Gasteiger partial charge in [-0.25, -0.2) is 9.97 Å². The van der Waals surface area contributed by atoms with E-state index in [1.54, 1.807) is 0 Å². The molecule has 5 heteroatoms. The average molecular weight is 223 g/mol. The predicted octanol–water partition coefficient (Wildman–Crippen LogP) is 0.640. The van der Waals surface area contributed by atoms with Crippen molar-refractivity contribution in [2.75, 3.05) is 19.8 Å². The van der Waals surface area contributed by atoms with Crippen LogP contribution in [0.3, 0.4) is 0 Å². The SMILES string of the molecule is Cc1nc(C2COCCO2)nc(C)c1CN. The smallest absolute Gasteiger partial charge is 0.160 e. The van der Waals surface area contributed by atoms with Crippen LogP contribution >= 0.6 is 0 Å². The average Bonchev–Trinajstić information content (AvgIpc) is 2.30. The first-order valence-corrected chi connectivity index (χ1v) is 5.45. The predicted molar refractivity (Wildman–Crippen MR) is 58.9 cm³/mol. The topological polar surface area (TPSA) is 70.3 Å². The maximum Gasteiger partial charge on any atom is 0.160 e. The molecule has 1 unspecified atom stereocenters. The van der Waals surface area contributed by atoms with Crippen LogP contribution < -0.4 is 5.73 Å². The number of nitrogens with zero attached hydrogens (tertiary/aromatic N) is 2. The van der Waals surface area contributed by atoms with Crippen LogP contribution in [0.2, 0.25) is 0 Å². The van der Waals surface area contributed by atoms with Gasteiger partial charge in [0.25, 0.3) is 0 Å². The van der Waals surface area contributed by atoms with E-state index >= 15 is 0 Å². The van der Waals surface area contributed by atoms with Crippen LogP contribution in [-0.4, -0.2) is 29.8 Å². The van der Waals surface area contributed by atoms with E-state index in [1.165, 1.54) is 0 Å². The standard InChI is InChI=1S/C11H17N3O2/c1-7-9(5-12)8(2)14-11(13-7)10-6-15-3-4-16-10/h10H,3-6,12H2,1-2H3. The Labute approximate surface area is 95.0 Å². The Balaban J connectivity index is 2.28. The molecule has 0 bridgehead atoms. The van der Waals surface area contributed by atoms with Gasteiger partial charge < -0.3 is 15.2 Å². The molecule has 0 radical (unpaired) electrons. The molecule has 1 aliphatic heterocycles. The van der Waals surface area contributed by atoms with Crippen molar-refractivity contribution in [3.05, 3.63) is 22.8 Å². The maximum atomic E-state index is 5.64. The minimum Gasteiger partial charge on any atom is -0.376 e. The minimum absolute atomic E-state index is 0.141. The fraction of sp³-hybridized carbons (Fsp3) is 0.636. The summed E-state index contributed by atoms with van der Waals surface area (Å²) >= 11 is 0. The molecule has 88 valence electrons. The third kappa shape index (κ3) is 2.21. The zero-order valence-electron chi connectivity index (χ0n) is 9.69. The molecular weight excluding hydrogens is 206 g/mol. The molecule has 0 aliphatic carbocycles. The molecule has 0 spiro atoms. The highest BCUT2D eigenvalue weighted by Gasteiger charge is 2.20. The second-order valence-corrected chi connectivity index (χ2v) is 3.87. The van der Waals surface area contributed by atoms with E-state index in [4.69, 9.17) is 15.2 Å². The van der Waals surface area contributed by atoms with Crippen molar-refractivity contribution in [2.45, 2.75) is 26.5 Å². The summed E-state index contributed by atoms with van der Waals surface area (Å²) < 4.78 is 10.9. The lowest BCUT2D eigenvalue weighted by Crippen LogP contribution is -2.24. The summed E-state index contributed by atoms with van der Waals surface area (Å²) in [5.41, 5.74) is 8.52. The fourth-order valence-corrected chi connectivity index (χ4v) is 1.84. The summed E-state index contributed by atoms with van der Waals surface area (Å²) in [6.07, 6.45) is -0.141. The summed E-state index contributed by atoms with van der Waals surface area (Å²) in [4.78, 5) is 8.86. The zero-order valence-corrected chi connectivity index (χ0v) is 9.69. The largest absolute Gasteiger partial charge is 0.376 e. The van der Waals surface area contributed by atoms with E-state index in [9.17, 15) is 0 Å². The monoisotopic (exact) mass is 223 g/mol. The molecule has 1 aromatic rings. The van der Waals surface area contributed by atoms with Gasteiger partial charge in [0.05, 0.1) is 19.8 Å². The summed E-state index contributed by atoms with van der Waals surface area (Å²) in [6.45, 7) is 6.15. The summed E-state index contributed by atoms with van der Waals surface area (Å²) in [5, 5.41) is 0. The summed E-state index contributed by atoms with van der Waals surface area (Å²) in [7, 11) is 0. The van der Waals surface area contributed by atoms with Gasteiger partial charge in [0, 0.05) is 23.5 Å². The number of hydrogen-bond acceptors (Lipinski definition) is 5. The Morgan fingerprint density at radius 2 is 1.94 bits per heavy atom. The molecule has 2 rings (SSSR count). The van der Waals surface area contributed by atoms with Crippen LogP contribution in [0.25, 0.3) is 0 Å². The second-order valence-electron chi connectivity index (χ2n) is 3.87. The lowest BCUT2D eigenvalue weighted by molar-refractivity contribution is -0.0936. The number of rotatable bonds is 2. The number of hydrogen-bond donors (Lipinski definition) is 1. The molecule has 2 N–H and O–H groups in total. The van der Waals surface area contributed by atoms with Crippen molar-refractivity contribution >= 4 is 0 Å². The molecule has 1 saturated heterocycles. The van der Waals surface area contributed by atoms with Crippen LogP contribution in [0.15, 0.2) is 0 Å². The summed E-state index contributed by atoms with van der Waals surface area (Å²) in [6, 6.07) is 0. The molecule has 1 aromatic heterocycles. The van der Waals surface area contributed by atoms with E-state index < -0.39 is 0 Å². The van der Waals surface area contributed by atoms with Gasteiger partial charge in [-0.1, -0.05) is 0 Å². The first-order valence-electron chi connectivity index (χ1n) is 5.45. The molecule has 0 saturated carbocycles. The van der Waals surface area contributed by atoms with Crippen molar-refractivity contribution < 1.29 is 9.47 Å². The number of aryl methyl sites for hydroxylation is 2. The number of ether oxygens (including phenoxy) is 2. The quantitative estimate of drug-likeness (QED) is 0.796. The Bertz CT molecular complexity index is 352. The molecule has 5 nitrogen and oxygen atoms in total. The van der Waals surface area contributed by atoms with Crippen molar-refractivity contribution in [1.82, 2.24) is 9.97 Å². The number of nitrogens with two attached hydrogens (primary N) is 1. The normalized spacial score (nSPS) is 21.1. The molecule has 1 aliphatic rings. The highest BCUT2D eigenvalue weighted by molar-refractivity contribution is 5.24. The van der Waals surface area contributed by atoms with Crippen LogP contribution in [0.5, 0.6) is 0 Å². The minimum atomic E-state index is -0.141. The fourth-order valence-electron chi connectivity index (χ4n) is 1.84. The first-order chi connectivity index (χ1) is 7.72. The van der Waals surface area contributed by atoms with Crippen LogP contribution in [0.4, 0.5) is 0 Å². The van der Waals surface area contributed by atoms with E-state index in [1.807, 2.05) is 13.8 Å². The van der Waals surface area contributed by atoms with Gasteiger partial charge in [0.15, 0.2) is 5.82 Å². The van der Waals surface area contributed by atoms with Crippen LogP contribution in [0.1, 0.15) is 28.9 Å². The van der Waals surface area contributed by atoms with Gasteiger partial charge >= 0.3 is 0 Å². The van der Waals surface area contributed by atoms with Crippen molar-refractivity contribution in [2.24, 2.45) is 5.73 Å². The number of aromatic nitrogens is 2. The van der Waals surface area contributed by atoms with Crippen molar-refractivity contribution in [3.63, 3.8) is 0 Å². The van der Waals surface area contributed by atoms with Crippen molar-refractivity contribution in [1.29, 1.82) is 0 Å². The lowest BCUT2D eigenvalue weighted by Gasteiger charge is -2.22. The van der Waals surface area contributed by atoms with Gasteiger partial charge in [-0.05, 0) is 13.8 Å². The lowest BCUT2D eigenvalue weighted by atomic mass is 10.1. The third-order valence-electron chi connectivity index (χ3n) is 2.75. The Kier molecular flexibility index (Phi) is 3.48. The van der Waals surface area contributed by atoms with Gasteiger partial charge in [0.1, 0.15) is 6.10 Å². The van der Waals surface area contributed by atoms with Gasteiger partial charge in [-0.3, -0.25) is 0 Å². The molecular formula is C11H17N3O2. The molecule has 1 atom stereocenters. The molecule has 2 heterocycles. The van der Waals surface area contributed by atoms with E-state index in [2.05, 4.69) is 9.97 Å². The van der Waals surface area contributed by atoms with E-state index in [0.29, 0.717) is 32.2 Å². The highest BCUT2D eigenvalue weighted by atomic mass is 16.6. The van der Waals surface area contributed by atoms with Gasteiger partial charge in [-0.15, -0.1) is 0 Å². The first kappa shape index (κ1) is 11.4. The van der Waals surface area contributed by atoms with Crippen LogP contribution in [-0.2, 0) is 16.0 Å². The summed E-state index contributed by atoms with van der Waals surface area (Å²) in [5.74, 6) is 0.701. The molecule has 0 aromatic carbocycles. The van der Waals surface area contributed by atoms with Crippen molar-refractivity contribution in [3.8, 4) is 0 Å².